The molecule has 0 amide bonds. The van der Waals surface area contributed by atoms with E-state index >= 15 is 0 Å². The number of furan rings is 1. The lowest BCUT2D eigenvalue weighted by Gasteiger charge is -2.32. The highest BCUT2D eigenvalue weighted by molar-refractivity contribution is 6.60. The Balaban J connectivity index is 1.86. The Labute approximate surface area is 118 Å². The molecular formula is C14H17BN2O3. The van der Waals surface area contributed by atoms with Gasteiger partial charge in [0.1, 0.15) is 17.7 Å². The molecule has 1 fully saturated rings. The summed E-state index contributed by atoms with van der Waals surface area (Å²) in [7, 11) is -0.488. The topological polar surface area (TPSA) is 57.4 Å². The second-order valence-electron chi connectivity index (χ2n) is 5.92. The largest absolute Gasteiger partial charge is 0.532 e. The Morgan fingerprint density at radius 3 is 2.15 bits per heavy atom. The van der Waals surface area contributed by atoms with E-state index in [2.05, 4.69) is 9.97 Å². The standard InChI is InChI=1S/C14H17BN2O3/c1-13(2)14(3,4)20-15(19-13)12-6-5-11(18-12)10-7-16-9-17-8-10/h5-9H,1-4H3. The van der Waals surface area contributed by atoms with Crippen molar-refractivity contribution in [3.8, 4) is 11.3 Å². The summed E-state index contributed by atoms with van der Waals surface area (Å²) in [5.41, 5.74) is 0.735. The van der Waals surface area contributed by atoms with E-state index in [-0.39, 0.29) is 11.2 Å². The number of aromatic nitrogens is 2. The average Bonchev–Trinajstić information content (AvgIpc) is 2.94. The molecule has 0 N–H and O–H groups in total. The summed E-state index contributed by atoms with van der Waals surface area (Å²) in [6.07, 6.45) is 4.90. The van der Waals surface area contributed by atoms with Gasteiger partial charge in [-0.05, 0) is 39.8 Å². The fraction of sp³-hybridized carbons (Fsp3) is 0.429. The van der Waals surface area contributed by atoms with E-state index in [0.29, 0.717) is 11.4 Å². The first kappa shape index (κ1) is 13.3. The van der Waals surface area contributed by atoms with E-state index in [4.69, 9.17) is 13.7 Å². The van der Waals surface area contributed by atoms with Crippen LogP contribution >= 0.6 is 0 Å². The molecule has 1 aliphatic heterocycles. The molecule has 0 aliphatic carbocycles. The van der Waals surface area contributed by atoms with Crippen LogP contribution in [0.5, 0.6) is 0 Å². The third kappa shape index (κ3) is 2.15. The van der Waals surface area contributed by atoms with Gasteiger partial charge in [0.2, 0.25) is 0 Å². The van der Waals surface area contributed by atoms with Gasteiger partial charge in [0, 0.05) is 12.4 Å². The second kappa shape index (κ2) is 4.43. The van der Waals surface area contributed by atoms with Crippen molar-refractivity contribution in [3.63, 3.8) is 0 Å². The Bertz CT molecular complexity index is 594. The van der Waals surface area contributed by atoms with Crippen LogP contribution in [-0.4, -0.2) is 28.3 Å². The Morgan fingerprint density at radius 1 is 0.950 bits per heavy atom. The minimum atomic E-state index is -0.488. The van der Waals surface area contributed by atoms with E-state index < -0.39 is 7.12 Å². The van der Waals surface area contributed by atoms with Crippen molar-refractivity contribution < 1.29 is 13.7 Å². The van der Waals surface area contributed by atoms with Gasteiger partial charge in [0.05, 0.1) is 16.8 Å². The molecule has 0 unspecified atom stereocenters. The predicted molar refractivity (Wildman–Crippen MR) is 75.5 cm³/mol. The maximum absolute atomic E-state index is 5.95. The van der Waals surface area contributed by atoms with Crippen LogP contribution in [-0.2, 0) is 9.31 Å². The van der Waals surface area contributed by atoms with E-state index in [1.54, 1.807) is 12.4 Å². The molecule has 0 bridgehead atoms. The maximum Gasteiger partial charge on any atom is 0.532 e. The van der Waals surface area contributed by atoms with Gasteiger partial charge in [0.25, 0.3) is 0 Å². The van der Waals surface area contributed by atoms with E-state index in [0.717, 1.165) is 5.56 Å². The number of hydrogen-bond acceptors (Lipinski definition) is 5. The summed E-state index contributed by atoms with van der Waals surface area (Å²) >= 11 is 0. The number of nitrogens with zero attached hydrogens (tertiary/aromatic N) is 2. The Morgan fingerprint density at radius 2 is 1.55 bits per heavy atom. The van der Waals surface area contributed by atoms with Gasteiger partial charge in [-0.2, -0.15) is 0 Å². The zero-order valence-corrected chi connectivity index (χ0v) is 12.1. The molecule has 6 heteroatoms. The van der Waals surface area contributed by atoms with Crippen molar-refractivity contribution in [1.82, 2.24) is 9.97 Å². The molecule has 3 heterocycles. The smallest absolute Gasteiger partial charge is 0.465 e. The second-order valence-corrected chi connectivity index (χ2v) is 5.92. The number of rotatable bonds is 2. The van der Waals surface area contributed by atoms with Crippen molar-refractivity contribution in [1.29, 1.82) is 0 Å². The summed E-state index contributed by atoms with van der Waals surface area (Å²) in [5.74, 6) is 0.704. The highest BCUT2D eigenvalue weighted by Gasteiger charge is 2.53. The average molecular weight is 272 g/mol. The first-order valence-corrected chi connectivity index (χ1v) is 6.60. The molecule has 0 radical (unpaired) electrons. The fourth-order valence-electron chi connectivity index (χ4n) is 2.02. The first-order valence-electron chi connectivity index (χ1n) is 6.60. The zero-order valence-electron chi connectivity index (χ0n) is 12.1. The summed E-state index contributed by atoms with van der Waals surface area (Å²) in [4.78, 5) is 7.96. The van der Waals surface area contributed by atoms with Crippen molar-refractivity contribution >= 4 is 12.8 Å². The molecule has 1 aliphatic rings. The van der Waals surface area contributed by atoms with Crippen LogP contribution in [0.25, 0.3) is 11.3 Å². The van der Waals surface area contributed by atoms with Crippen LogP contribution in [0.15, 0.2) is 35.3 Å². The monoisotopic (exact) mass is 272 g/mol. The molecule has 104 valence electrons. The molecule has 0 saturated carbocycles. The van der Waals surface area contributed by atoms with Gasteiger partial charge in [-0.1, -0.05) is 0 Å². The molecule has 2 aromatic heterocycles. The van der Waals surface area contributed by atoms with E-state index in [9.17, 15) is 0 Å². The molecule has 0 atom stereocenters. The first-order chi connectivity index (χ1) is 9.39. The lowest BCUT2D eigenvalue weighted by Crippen LogP contribution is -2.41. The van der Waals surface area contributed by atoms with Crippen LogP contribution in [0.3, 0.4) is 0 Å². The van der Waals surface area contributed by atoms with Crippen LogP contribution in [0.2, 0.25) is 0 Å². The predicted octanol–water partition coefficient (Wildman–Crippen LogP) is 2.04. The SMILES string of the molecule is CC1(C)OB(c2ccc(-c3cncnc3)o2)OC1(C)C. The molecule has 0 spiro atoms. The Kier molecular flexibility index (Phi) is 2.95. The van der Waals surface area contributed by atoms with Crippen LogP contribution in [0.1, 0.15) is 27.7 Å². The minimum absolute atomic E-state index is 0.375. The van der Waals surface area contributed by atoms with Gasteiger partial charge in [-0.3, -0.25) is 0 Å². The third-order valence-corrected chi connectivity index (χ3v) is 3.96. The summed E-state index contributed by atoms with van der Waals surface area (Å²) in [5, 5.41) is 0. The molecule has 20 heavy (non-hydrogen) atoms. The Hall–Kier alpha value is -1.66. The molecule has 5 nitrogen and oxygen atoms in total. The van der Waals surface area contributed by atoms with Gasteiger partial charge in [-0.25, -0.2) is 9.97 Å². The quantitative estimate of drug-likeness (QED) is 0.783. The van der Waals surface area contributed by atoms with Crippen molar-refractivity contribution in [2.45, 2.75) is 38.9 Å². The fourth-order valence-corrected chi connectivity index (χ4v) is 2.02. The number of hydrogen-bond donors (Lipinski definition) is 0. The van der Waals surface area contributed by atoms with Crippen molar-refractivity contribution in [3.05, 3.63) is 30.9 Å². The van der Waals surface area contributed by atoms with Gasteiger partial charge in [0.15, 0.2) is 0 Å². The lowest BCUT2D eigenvalue weighted by atomic mass is 9.86. The van der Waals surface area contributed by atoms with Crippen molar-refractivity contribution in [2.75, 3.05) is 0 Å². The maximum atomic E-state index is 5.95. The van der Waals surface area contributed by atoms with Crippen LogP contribution in [0, 0.1) is 0 Å². The molecule has 3 rings (SSSR count). The highest BCUT2D eigenvalue weighted by atomic mass is 16.7. The zero-order chi connectivity index (χ0) is 14.4. The van der Waals surface area contributed by atoms with Gasteiger partial charge < -0.3 is 13.7 Å². The van der Waals surface area contributed by atoms with Gasteiger partial charge >= 0.3 is 7.12 Å². The highest BCUT2D eigenvalue weighted by Crippen LogP contribution is 2.36. The molecule has 0 aromatic carbocycles. The minimum Gasteiger partial charge on any atom is -0.465 e. The summed E-state index contributed by atoms with van der Waals surface area (Å²) < 4.78 is 17.7. The van der Waals surface area contributed by atoms with Gasteiger partial charge in [-0.15, -0.1) is 0 Å². The summed E-state index contributed by atoms with van der Waals surface area (Å²) in [6.45, 7) is 8.06. The lowest BCUT2D eigenvalue weighted by molar-refractivity contribution is 0.00578. The van der Waals surface area contributed by atoms with E-state index in [1.165, 1.54) is 6.33 Å². The van der Waals surface area contributed by atoms with E-state index in [1.807, 2.05) is 39.8 Å². The molecule has 2 aromatic rings. The normalized spacial score (nSPS) is 20.3. The molecule has 1 saturated heterocycles. The summed E-state index contributed by atoms with van der Waals surface area (Å²) in [6, 6.07) is 3.74. The van der Waals surface area contributed by atoms with Crippen LogP contribution < -0.4 is 5.66 Å². The van der Waals surface area contributed by atoms with Crippen molar-refractivity contribution in [2.24, 2.45) is 0 Å². The molecular weight excluding hydrogens is 255 g/mol. The third-order valence-electron chi connectivity index (χ3n) is 3.96. The van der Waals surface area contributed by atoms with Crippen LogP contribution in [0.4, 0.5) is 0 Å².